The van der Waals surface area contributed by atoms with Crippen molar-refractivity contribution in [3.63, 3.8) is 0 Å². The van der Waals surface area contributed by atoms with E-state index in [4.69, 9.17) is 18.9 Å². The Hall–Kier alpha value is -1.44. The fourth-order valence-corrected chi connectivity index (χ4v) is 2.43. The molecule has 0 bridgehead atoms. The van der Waals surface area contributed by atoms with Gasteiger partial charge in [0.05, 0.1) is 43.9 Å². The van der Waals surface area contributed by atoms with E-state index in [2.05, 4.69) is 5.10 Å². The van der Waals surface area contributed by atoms with Gasteiger partial charge in [-0.05, 0) is 34.6 Å². The van der Waals surface area contributed by atoms with E-state index in [1.165, 1.54) is 6.20 Å². The van der Waals surface area contributed by atoms with E-state index in [0.29, 0.717) is 44.0 Å². The van der Waals surface area contributed by atoms with Crippen LogP contribution >= 0.6 is 0 Å². The number of carbonyl (C=O) groups is 1. The van der Waals surface area contributed by atoms with Crippen LogP contribution < -0.4 is 0 Å². The molecule has 0 amide bonds. The number of carbonyl (C=O) groups excluding carboxylic acids is 1. The van der Waals surface area contributed by atoms with Crippen molar-refractivity contribution in [3.8, 4) is 0 Å². The van der Waals surface area contributed by atoms with Crippen molar-refractivity contribution in [1.29, 1.82) is 0 Å². The Labute approximate surface area is 143 Å². The van der Waals surface area contributed by atoms with Gasteiger partial charge in [0.1, 0.15) is 5.56 Å². The molecule has 0 aliphatic carbocycles. The van der Waals surface area contributed by atoms with Crippen LogP contribution in [0.5, 0.6) is 0 Å². The number of hydrogen-bond donors (Lipinski definition) is 0. The van der Waals surface area contributed by atoms with Crippen molar-refractivity contribution in [3.05, 3.63) is 17.5 Å². The highest BCUT2D eigenvalue weighted by atomic mass is 16.7. The first-order chi connectivity index (χ1) is 11.2. The maximum atomic E-state index is 12.1. The second-order valence-corrected chi connectivity index (χ2v) is 6.93. The van der Waals surface area contributed by atoms with Crippen LogP contribution in [-0.4, -0.2) is 47.0 Å². The maximum Gasteiger partial charge on any atom is 0.341 e. The first-order valence-corrected chi connectivity index (χ1v) is 8.38. The minimum atomic E-state index is -0.599. The third kappa shape index (κ3) is 5.03. The molecule has 0 spiro atoms. The topological polar surface area (TPSA) is 71.8 Å². The number of rotatable bonds is 7. The van der Waals surface area contributed by atoms with E-state index in [-0.39, 0.29) is 18.2 Å². The molecule has 0 atom stereocenters. The van der Waals surface area contributed by atoms with Gasteiger partial charge in [-0.2, -0.15) is 5.10 Å². The van der Waals surface area contributed by atoms with E-state index < -0.39 is 5.79 Å². The zero-order valence-electron chi connectivity index (χ0n) is 15.3. The van der Waals surface area contributed by atoms with Crippen LogP contribution in [0.3, 0.4) is 0 Å². The lowest BCUT2D eigenvalue weighted by molar-refractivity contribution is -0.149. The highest BCUT2D eigenvalue weighted by Gasteiger charge is 2.31. The Morgan fingerprint density at radius 2 is 2.04 bits per heavy atom. The van der Waals surface area contributed by atoms with Crippen molar-refractivity contribution >= 4 is 5.97 Å². The average molecular weight is 340 g/mol. The zero-order chi connectivity index (χ0) is 17.8. The van der Waals surface area contributed by atoms with Crippen molar-refractivity contribution in [2.24, 2.45) is 0 Å². The Morgan fingerprint density at radius 3 is 2.62 bits per heavy atom. The molecule has 0 unspecified atom stereocenters. The molecule has 1 aromatic heterocycles. The maximum absolute atomic E-state index is 12.1. The number of hydrogen-bond acceptors (Lipinski definition) is 6. The van der Waals surface area contributed by atoms with E-state index >= 15 is 0 Å². The third-order valence-electron chi connectivity index (χ3n) is 3.76. The third-order valence-corrected chi connectivity index (χ3v) is 3.76. The smallest absolute Gasteiger partial charge is 0.341 e. The summed E-state index contributed by atoms with van der Waals surface area (Å²) in [6.07, 6.45) is 2.18. The van der Waals surface area contributed by atoms with Gasteiger partial charge in [0.15, 0.2) is 5.79 Å². The van der Waals surface area contributed by atoms with Crippen LogP contribution in [0.1, 0.15) is 57.1 Å². The minimum absolute atomic E-state index is 0.288. The van der Waals surface area contributed by atoms with E-state index in [1.54, 1.807) is 11.6 Å². The number of aryl methyl sites for hydroxylation is 1. The fraction of sp³-hybridized carbons (Fsp3) is 0.765. The quantitative estimate of drug-likeness (QED) is 0.710. The summed E-state index contributed by atoms with van der Waals surface area (Å²) in [4.78, 5) is 12.1. The van der Waals surface area contributed by atoms with Crippen LogP contribution in [0.4, 0.5) is 0 Å². The molecule has 0 radical (unpaired) electrons. The molecule has 1 aromatic rings. The molecule has 0 N–H and O–H groups in total. The SMILES string of the molecule is CCOC(=O)c1cnn(CCC2(C)OCCO2)c1COC(C)(C)C. The van der Waals surface area contributed by atoms with Gasteiger partial charge < -0.3 is 18.9 Å². The van der Waals surface area contributed by atoms with Gasteiger partial charge in [-0.1, -0.05) is 0 Å². The summed E-state index contributed by atoms with van der Waals surface area (Å²) in [5.74, 6) is -0.978. The molecule has 0 aromatic carbocycles. The summed E-state index contributed by atoms with van der Waals surface area (Å²) < 4.78 is 24.0. The van der Waals surface area contributed by atoms with Crippen LogP contribution in [0, 0.1) is 0 Å². The number of esters is 1. The lowest BCUT2D eigenvalue weighted by Crippen LogP contribution is -2.28. The predicted octanol–water partition coefficient (Wildman–Crippen LogP) is 2.53. The molecule has 1 aliphatic rings. The summed E-state index contributed by atoms with van der Waals surface area (Å²) in [5, 5.41) is 4.34. The summed E-state index contributed by atoms with van der Waals surface area (Å²) in [7, 11) is 0. The van der Waals surface area contributed by atoms with E-state index in [1.807, 2.05) is 27.7 Å². The first kappa shape index (κ1) is 18.9. The lowest BCUT2D eigenvalue weighted by atomic mass is 10.2. The Balaban J connectivity index is 2.14. The van der Waals surface area contributed by atoms with Gasteiger partial charge in [0, 0.05) is 13.0 Å². The van der Waals surface area contributed by atoms with Gasteiger partial charge in [-0.3, -0.25) is 4.68 Å². The highest BCUT2D eigenvalue weighted by Crippen LogP contribution is 2.24. The highest BCUT2D eigenvalue weighted by molar-refractivity contribution is 5.90. The second kappa shape index (κ2) is 7.63. The molecule has 1 saturated heterocycles. The number of aromatic nitrogens is 2. The van der Waals surface area contributed by atoms with Gasteiger partial charge in [-0.25, -0.2) is 4.79 Å². The Bertz CT molecular complexity index is 556. The molecule has 1 fully saturated rings. The van der Waals surface area contributed by atoms with Crippen LogP contribution in [-0.2, 0) is 32.1 Å². The summed E-state index contributed by atoms with van der Waals surface area (Å²) in [5.41, 5.74) is 0.842. The Morgan fingerprint density at radius 1 is 1.38 bits per heavy atom. The van der Waals surface area contributed by atoms with Crippen molar-refractivity contribution < 1.29 is 23.7 Å². The Kier molecular flexibility index (Phi) is 6.01. The molecule has 2 heterocycles. The number of nitrogens with zero attached hydrogens (tertiary/aromatic N) is 2. The van der Waals surface area contributed by atoms with Gasteiger partial charge in [0.25, 0.3) is 0 Å². The van der Waals surface area contributed by atoms with Crippen molar-refractivity contribution in [1.82, 2.24) is 9.78 Å². The monoisotopic (exact) mass is 340 g/mol. The molecule has 24 heavy (non-hydrogen) atoms. The van der Waals surface area contributed by atoms with Crippen LogP contribution in [0.25, 0.3) is 0 Å². The fourth-order valence-electron chi connectivity index (χ4n) is 2.43. The summed E-state index contributed by atoms with van der Waals surface area (Å²) in [6.45, 7) is 12.0. The normalized spacial score (nSPS) is 17.2. The minimum Gasteiger partial charge on any atom is -0.462 e. The molecule has 1 aliphatic heterocycles. The van der Waals surface area contributed by atoms with Crippen LogP contribution in [0.15, 0.2) is 6.20 Å². The lowest BCUT2D eigenvalue weighted by Gasteiger charge is -2.23. The molecule has 2 rings (SSSR count). The van der Waals surface area contributed by atoms with Crippen LogP contribution in [0.2, 0.25) is 0 Å². The van der Waals surface area contributed by atoms with E-state index in [9.17, 15) is 4.79 Å². The molecule has 7 heteroatoms. The molecular weight excluding hydrogens is 312 g/mol. The van der Waals surface area contributed by atoms with E-state index in [0.717, 1.165) is 0 Å². The van der Waals surface area contributed by atoms with Crippen molar-refractivity contribution in [2.75, 3.05) is 19.8 Å². The van der Waals surface area contributed by atoms with Gasteiger partial charge in [0.2, 0.25) is 0 Å². The zero-order valence-corrected chi connectivity index (χ0v) is 15.3. The molecule has 136 valence electrons. The van der Waals surface area contributed by atoms with Gasteiger partial charge in [-0.15, -0.1) is 0 Å². The molecular formula is C17H28N2O5. The molecule has 0 saturated carbocycles. The summed E-state index contributed by atoms with van der Waals surface area (Å²) in [6, 6.07) is 0. The first-order valence-electron chi connectivity index (χ1n) is 8.38. The summed E-state index contributed by atoms with van der Waals surface area (Å²) >= 11 is 0. The largest absolute Gasteiger partial charge is 0.462 e. The van der Waals surface area contributed by atoms with Crippen molar-refractivity contribution in [2.45, 2.75) is 65.6 Å². The standard InChI is InChI=1S/C17H28N2O5/c1-6-21-15(20)13-11-18-19(14(13)12-24-16(2,3)4)8-7-17(5)22-9-10-23-17/h11H,6-10,12H2,1-5H3. The number of ether oxygens (including phenoxy) is 4. The van der Waals surface area contributed by atoms with Gasteiger partial charge >= 0.3 is 5.97 Å². The predicted molar refractivity (Wildman–Crippen MR) is 87.7 cm³/mol. The second-order valence-electron chi connectivity index (χ2n) is 6.93. The average Bonchev–Trinajstić information content (AvgIpc) is 3.09. The molecule has 7 nitrogen and oxygen atoms in total.